The summed E-state index contributed by atoms with van der Waals surface area (Å²) in [6.45, 7) is 6.75. The molecule has 0 aliphatic heterocycles. The van der Waals surface area contributed by atoms with Gasteiger partial charge in [-0.2, -0.15) is 0 Å². The predicted octanol–water partition coefficient (Wildman–Crippen LogP) is 2.78. The Kier molecular flexibility index (Phi) is 4.81. The maximum Gasteiger partial charge on any atom is 0.219 e. The van der Waals surface area contributed by atoms with Crippen molar-refractivity contribution in [1.82, 2.24) is 4.98 Å². The van der Waals surface area contributed by atoms with Crippen LogP contribution in [-0.4, -0.2) is 17.0 Å². The molecule has 0 saturated carbocycles. The van der Waals surface area contributed by atoms with Gasteiger partial charge in [-0.25, -0.2) is 4.98 Å². The molecule has 0 fully saturated rings. The van der Waals surface area contributed by atoms with Crippen molar-refractivity contribution in [3.05, 3.63) is 48.5 Å². The van der Waals surface area contributed by atoms with Crippen LogP contribution in [0.3, 0.4) is 0 Å². The first-order chi connectivity index (χ1) is 8.13. The van der Waals surface area contributed by atoms with Crippen LogP contribution in [0, 0.1) is 0 Å². The van der Waals surface area contributed by atoms with Crippen LogP contribution >= 0.6 is 0 Å². The molecule has 0 bridgehead atoms. The molecule has 0 radical (unpaired) electrons. The Bertz CT molecular complexity index is 476. The summed E-state index contributed by atoms with van der Waals surface area (Å²) in [5.41, 5.74) is 0.567. The van der Waals surface area contributed by atoms with E-state index in [1.807, 2.05) is 0 Å². The Morgan fingerprint density at radius 1 is 1.53 bits per heavy atom. The van der Waals surface area contributed by atoms with Gasteiger partial charge in [0.25, 0.3) is 0 Å². The lowest BCUT2D eigenvalue weighted by Crippen LogP contribution is -1.97. The molecule has 1 rings (SSSR count). The largest absolute Gasteiger partial charge is 0.442 e. The zero-order chi connectivity index (χ0) is 12.7. The van der Waals surface area contributed by atoms with Crippen LogP contribution < -0.4 is 4.74 Å². The summed E-state index contributed by atoms with van der Waals surface area (Å²) >= 11 is 0. The number of allylic oxidation sites excluding steroid dienone is 2. The number of aromatic nitrogens is 1. The van der Waals surface area contributed by atoms with Crippen LogP contribution in [0.5, 0.6) is 5.88 Å². The van der Waals surface area contributed by atoms with Crippen molar-refractivity contribution in [2.24, 2.45) is 4.99 Å². The van der Waals surface area contributed by atoms with Gasteiger partial charge in [-0.15, -0.1) is 0 Å². The smallest absolute Gasteiger partial charge is 0.219 e. The summed E-state index contributed by atoms with van der Waals surface area (Å²) in [4.78, 5) is 19.1. The number of pyridine rings is 1. The van der Waals surface area contributed by atoms with Gasteiger partial charge in [0.2, 0.25) is 5.88 Å². The molecule has 0 aromatic carbocycles. The molecule has 1 aromatic rings. The number of rotatable bonds is 5. The average Bonchev–Trinajstić information content (AvgIpc) is 2.29. The molecule has 0 saturated heterocycles. The Hall–Kier alpha value is -2.23. The van der Waals surface area contributed by atoms with E-state index in [0.29, 0.717) is 17.2 Å². The Morgan fingerprint density at radius 3 is 2.94 bits per heavy atom. The van der Waals surface area contributed by atoms with E-state index in [1.165, 1.54) is 13.1 Å². The summed E-state index contributed by atoms with van der Waals surface area (Å²) in [5, 5.41) is 0. The lowest BCUT2D eigenvalue weighted by atomic mass is 10.2. The summed E-state index contributed by atoms with van der Waals surface area (Å²) < 4.78 is 5.40. The van der Waals surface area contributed by atoms with Crippen LogP contribution in [0.4, 0.5) is 0 Å². The summed E-state index contributed by atoms with van der Waals surface area (Å²) in [7, 11) is 0. The second-order valence-corrected chi connectivity index (χ2v) is 3.31. The van der Waals surface area contributed by atoms with E-state index < -0.39 is 0 Å². The second kappa shape index (κ2) is 6.37. The third kappa shape index (κ3) is 4.42. The molecule has 0 atom stereocenters. The van der Waals surface area contributed by atoms with E-state index in [2.05, 4.69) is 16.6 Å². The molecule has 88 valence electrons. The molecule has 1 aromatic heterocycles. The van der Waals surface area contributed by atoms with Crippen LogP contribution in [-0.2, 0) is 0 Å². The normalized spacial score (nSPS) is 11.5. The quantitative estimate of drug-likeness (QED) is 0.444. The fraction of sp³-hybridized carbons (Fsp3) is 0.154. The molecule has 4 nitrogen and oxygen atoms in total. The van der Waals surface area contributed by atoms with E-state index in [9.17, 15) is 4.79 Å². The SMILES string of the molecule is C=CC=N/C=C(\C)Oc1cc(C(C)=O)ccn1. The van der Waals surface area contributed by atoms with Crippen molar-refractivity contribution in [1.29, 1.82) is 0 Å². The fourth-order valence-electron chi connectivity index (χ4n) is 1.08. The zero-order valence-electron chi connectivity index (χ0n) is 9.88. The van der Waals surface area contributed by atoms with E-state index in [4.69, 9.17) is 4.74 Å². The van der Waals surface area contributed by atoms with E-state index >= 15 is 0 Å². The van der Waals surface area contributed by atoms with Crippen LogP contribution in [0.2, 0.25) is 0 Å². The molecular weight excluding hydrogens is 216 g/mol. The number of ketones is 1. The molecule has 17 heavy (non-hydrogen) atoms. The number of hydrogen-bond acceptors (Lipinski definition) is 4. The van der Waals surface area contributed by atoms with Gasteiger partial charge in [0.1, 0.15) is 5.76 Å². The van der Waals surface area contributed by atoms with E-state index in [1.54, 1.807) is 37.5 Å². The van der Waals surface area contributed by atoms with Crippen LogP contribution in [0.25, 0.3) is 0 Å². The highest BCUT2D eigenvalue weighted by Crippen LogP contribution is 2.12. The third-order valence-electron chi connectivity index (χ3n) is 1.85. The number of ether oxygens (including phenoxy) is 1. The minimum absolute atomic E-state index is 0.0245. The first-order valence-corrected chi connectivity index (χ1v) is 5.09. The van der Waals surface area contributed by atoms with Gasteiger partial charge in [0.05, 0.1) is 6.20 Å². The van der Waals surface area contributed by atoms with Gasteiger partial charge in [0.15, 0.2) is 5.78 Å². The Labute approximate surface area is 100 Å². The number of carbonyl (C=O) groups excluding carboxylic acids is 1. The van der Waals surface area contributed by atoms with Gasteiger partial charge < -0.3 is 4.74 Å². The molecule has 0 N–H and O–H groups in total. The number of hydrogen-bond donors (Lipinski definition) is 0. The first-order valence-electron chi connectivity index (χ1n) is 5.09. The molecule has 0 aliphatic carbocycles. The minimum Gasteiger partial charge on any atom is -0.442 e. The van der Waals surface area contributed by atoms with Gasteiger partial charge in [-0.05, 0) is 19.9 Å². The number of carbonyl (C=O) groups is 1. The van der Waals surface area contributed by atoms with Crippen molar-refractivity contribution in [3.63, 3.8) is 0 Å². The first kappa shape index (κ1) is 12.8. The van der Waals surface area contributed by atoms with Crippen molar-refractivity contribution in [2.45, 2.75) is 13.8 Å². The standard InChI is InChI=1S/C13H14N2O2/c1-4-6-14-9-10(2)17-13-8-12(11(3)16)5-7-15-13/h4-9H,1H2,2-3H3/b10-9+,14-6?. The number of Topliss-reactive ketones (excluding diaryl/α,β-unsaturated/α-hetero) is 1. The van der Waals surface area contributed by atoms with Crippen molar-refractivity contribution in [2.75, 3.05) is 0 Å². The average molecular weight is 230 g/mol. The van der Waals surface area contributed by atoms with Crippen molar-refractivity contribution in [3.8, 4) is 5.88 Å². The van der Waals surface area contributed by atoms with Crippen LogP contribution in [0.15, 0.2) is 47.9 Å². The number of aliphatic imine (C=N–C) groups is 1. The number of nitrogens with zero attached hydrogens (tertiary/aromatic N) is 2. The third-order valence-corrected chi connectivity index (χ3v) is 1.85. The zero-order valence-corrected chi connectivity index (χ0v) is 9.88. The lowest BCUT2D eigenvalue weighted by Gasteiger charge is -2.04. The second-order valence-electron chi connectivity index (χ2n) is 3.31. The highest BCUT2D eigenvalue weighted by atomic mass is 16.5. The van der Waals surface area contributed by atoms with Gasteiger partial charge in [-0.3, -0.25) is 9.79 Å². The Balaban J connectivity index is 2.77. The molecule has 1 heterocycles. The van der Waals surface area contributed by atoms with Crippen molar-refractivity contribution >= 4 is 12.0 Å². The van der Waals surface area contributed by atoms with Gasteiger partial charge in [-0.1, -0.05) is 12.7 Å². The lowest BCUT2D eigenvalue weighted by molar-refractivity contribution is 0.101. The monoisotopic (exact) mass is 230 g/mol. The molecule has 4 heteroatoms. The van der Waals surface area contributed by atoms with Crippen molar-refractivity contribution < 1.29 is 9.53 Å². The fourth-order valence-corrected chi connectivity index (χ4v) is 1.08. The van der Waals surface area contributed by atoms with E-state index in [-0.39, 0.29) is 5.78 Å². The molecular formula is C13H14N2O2. The highest BCUT2D eigenvalue weighted by molar-refractivity contribution is 5.94. The van der Waals surface area contributed by atoms with Crippen LogP contribution in [0.1, 0.15) is 24.2 Å². The maximum absolute atomic E-state index is 11.2. The minimum atomic E-state index is -0.0245. The molecule has 0 aliphatic rings. The highest BCUT2D eigenvalue weighted by Gasteiger charge is 2.02. The molecule has 0 spiro atoms. The maximum atomic E-state index is 11.2. The van der Waals surface area contributed by atoms with Gasteiger partial charge >= 0.3 is 0 Å². The summed E-state index contributed by atoms with van der Waals surface area (Å²) in [6.07, 6.45) is 6.20. The Morgan fingerprint density at radius 2 is 2.29 bits per heavy atom. The predicted molar refractivity (Wildman–Crippen MR) is 67.3 cm³/mol. The summed E-state index contributed by atoms with van der Waals surface area (Å²) in [6, 6.07) is 3.24. The molecule has 0 unspecified atom stereocenters. The topological polar surface area (TPSA) is 51.5 Å². The summed E-state index contributed by atoms with van der Waals surface area (Å²) in [5.74, 6) is 0.931. The molecule has 0 amide bonds. The van der Waals surface area contributed by atoms with E-state index in [0.717, 1.165) is 0 Å². The van der Waals surface area contributed by atoms with Gasteiger partial charge in [0, 0.05) is 24.0 Å².